The summed E-state index contributed by atoms with van der Waals surface area (Å²) in [4.78, 5) is 13.3. The Balaban J connectivity index is 1.60. The molecule has 0 aromatic heterocycles. The predicted molar refractivity (Wildman–Crippen MR) is 121 cm³/mol. The molecule has 3 atom stereocenters. The molecular formula is C26H27NO5. The lowest BCUT2D eigenvalue weighted by molar-refractivity contribution is -0.140. The predicted octanol–water partition coefficient (Wildman–Crippen LogP) is 4.72. The number of nitrogens with one attached hydrogen (secondary N) is 1. The van der Waals surface area contributed by atoms with Crippen molar-refractivity contribution in [2.45, 2.75) is 37.3 Å². The van der Waals surface area contributed by atoms with Crippen LogP contribution in [-0.2, 0) is 4.79 Å². The van der Waals surface area contributed by atoms with Crippen LogP contribution in [0.4, 0.5) is 0 Å². The van der Waals surface area contributed by atoms with Gasteiger partial charge in [-0.25, -0.2) is 0 Å². The fraction of sp³-hybridized carbons (Fsp3) is 0.346. The Hall–Kier alpha value is -3.41. The molecule has 32 heavy (non-hydrogen) atoms. The molecule has 6 heteroatoms. The molecule has 0 radical (unpaired) electrons. The van der Waals surface area contributed by atoms with Crippen molar-refractivity contribution >= 4 is 12.0 Å². The number of carbonyl (C=O) groups excluding carboxylic acids is 1. The third-order valence-corrected chi connectivity index (χ3v) is 6.88. The van der Waals surface area contributed by atoms with Gasteiger partial charge in [-0.1, -0.05) is 24.6 Å². The number of carbonyl (C=O) groups is 1. The Bertz CT molecular complexity index is 1120. The van der Waals surface area contributed by atoms with Crippen LogP contribution in [0.3, 0.4) is 0 Å². The van der Waals surface area contributed by atoms with Gasteiger partial charge >= 0.3 is 0 Å². The highest BCUT2D eigenvalue weighted by molar-refractivity contribution is 5.98. The van der Waals surface area contributed by atoms with Gasteiger partial charge in [0.1, 0.15) is 23.0 Å². The average molecular weight is 434 g/mol. The smallest absolute Gasteiger partial charge is 0.254 e. The van der Waals surface area contributed by atoms with Crippen molar-refractivity contribution in [3.8, 4) is 17.2 Å². The number of hydrogen-bond donors (Lipinski definition) is 2. The second kappa shape index (κ2) is 7.93. The van der Waals surface area contributed by atoms with Crippen LogP contribution >= 0.6 is 0 Å². The Morgan fingerprint density at radius 1 is 1.19 bits per heavy atom. The maximum absolute atomic E-state index is 13.3. The van der Waals surface area contributed by atoms with Crippen LogP contribution in [-0.4, -0.2) is 31.0 Å². The summed E-state index contributed by atoms with van der Waals surface area (Å²) in [5.74, 6) is 1.65. The van der Waals surface area contributed by atoms with Gasteiger partial charge < -0.3 is 24.6 Å². The van der Waals surface area contributed by atoms with Gasteiger partial charge in [-0.2, -0.15) is 0 Å². The number of aliphatic hydroxyl groups excluding tert-OH is 1. The van der Waals surface area contributed by atoms with Gasteiger partial charge in [-0.15, -0.1) is 0 Å². The van der Waals surface area contributed by atoms with E-state index in [9.17, 15) is 9.90 Å². The minimum absolute atomic E-state index is 0.0479. The number of piperidine rings is 1. The number of benzene rings is 2. The number of para-hydroxylation sites is 1. The van der Waals surface area contributed by atoms with E-state index in [1.165, 1.54) is 0 Å². The van der Waals surface area contributed by atoms with E-state index < -0.39 is 5.72 Å². The van der Waals surface area contributed by atoms with Crippen LogP contribution in [0.2, 0.25) is 0 Å². The molecule has 6 nitrogen and oxygen atoms in total. The van der Waals surface area contributed by atoms with Crippen LogP contribution in [0.15, 0.2) is 59.9 Å². The molecule has 5 rings (SSSR count). The number of fused-ring (bicyclic) bond motifs is 2. The van der Waals surface area contributed by atoms with Crippen molar-refractivity contribution < 1.29 is 24.1 Å². The zero-order valence-corrected chi connectivity index (χ0v) is 18.3. The van der Waals surface area contributed by atoms with Crippen LogP contribution in [0.5, 0.6) is 17.2 Å². The molecule has 0 spiro atoms. The first-order valence-corrected chi connectivity index (χ1v) is 11.0. The fourth-order valence-corrected chi connectivity index (χ4v) is 5.42. The Kier molecular flexibility index (Phi) is 5.08. The third-order valence-electron chi connectivity index (χ3n) is 6.88. The number of methoxy groups -OCH3 is 2. The Morgan fingerprint density at radius 3 is 2.84 bits per heavy atom. The lowest BCUT2D eigenvalue weighted by atomic mass is 9.64. The van der Waals surface area contributed by atoms with Gasteiger partial charge in [0, 0.05) is 29.4 Å². The van der Waals surface area contributed by atoms with Crippen LogP contribution < -0.4 is 19.5 Å². The van der Waals surface area contributed by atoms with E-state index in [2.05, 4.69) is 5.32 Å². The molecule has 2 N–H and O–H groups in total. The molecule has 2 bridgehead atoms. The van der Waals surface area contributed by atoms with Crippen molar-refractivity contribution in [3.05, 3.63) is 71.0 Å². The Morgan fingerprint density at radius 2 is 2.03 bits per heavy atom. The summed E-state index contributed by atoms with van der Waals surface area (Å²) in [6, 6.07) is 13.3. The molecule has 1 aliphatic carbocycles. The van der Waals surface area contributed by atoms with E-state index in [0.717, 1.165) is 42.6 Å². The Labute approximate surface area is 187 Å². The number of rotatable bonds is 4. The zero-order chi connectivity index (χ0) is 22.3. The second-order valence-electron chi connectivity index (χ2n) is 8.55. The van der Waals surface area contributed by atoms with Gasteiger partial charge in [-0.3, -0.25) is 4.79 Å². The van der Waals surface area contributed by atoms with Crippen molar-refractivity contribution in [1.29, 1.82) is 0 Å². The standard InChI is InChI=1S/C26H27NO5/c1-30-17-11-13-21(31-2)16(15-17)10-12-20(28)24-23-18-7-3-4-9-22(18)32-26(27-25(24)29)14-6-5-8-19(23)26/h3-4,7,9-13,15,19,23,28H,5-6,8,14H2,1-2H3,(H,27,29)/b12-10+,24-20-/t19-,23-,26-/m1/s1. The number of hydrogen-bond acceptors (Lipinski definition) is 5. The summed E-state index contributed by atoms with van der Waals surface area (Å²) in [5.41, 5.74) is 1.40. The number of amides is 1. The first-order chi connectivity index (χ1) is 15.6. The highest BCUT2D eigenvalue weighted by Gasteiger charge is 2.57. The molecule has 0 unspecified atom stereocenters. The highest BCUT2D eigenvalue weighted by atomic mass is 16.5. The van der Waals surface area contributed by atoms with Crippen molar-refractivity contribution in [1.82, 2.24) is 5.32 Å². The summed E-state index contributed by atoms with van der Waals surface area (Å²) in [5, 5.41) is 14.3. The molecule has 166 valence electrons. The maximum Gasteiger partial charge on any atom is 0.254 e. The van der Waals surface area contributed by atoms with Gasteiger partial charge in [0.25, 0.3) is 5.91 Å². The van der Waals surface area contributed by atoms with E-state index in [1.807, 2.05) is 36.4 Å². The zero-order valence-electron chi connectivity index (χ0n) is 18.3. The first-order valence-electron chi connectivity index (χ1n) is 11.0. The monoisotopic (exact) mass is 433 g/mol. The lowest BCUT2D eigenvalue weighted by Crippen LogP contribution is -2.66. The number of allylic oxidation sites excluding steroid dienone is 1. The van der Waals surface area contributed by atoms with E-state index in [4.69, 9.17) is 14.2 Å². The van der Waals surface area contributed by atoms with E-state index >= 15 is 0 Å². The van der Waals surface area contributed by atoms with E-state index in [1.54, 1.807) is 32.4 Å². The molecule has 2 aliphatic heterocycles. The minimum atomic E-state index is -0.697. The first kappa shape index (κ1) is 20.5. The van der Waals surface area contributed by atoms with Crippen LogP contribution in [0.1, 0.15) is 42.7 Å². The summed E-state index contributed by atoms with van der Waals surface area (Å²) in [6.07, 6.45) is 7.11. The molecule has 2 fully saturated rings. The maximum atomic E-state index is 13.3. The fourth-order valence-electron chi connectivity index (χ4n) is 5.42. The molecule has 2 aromatic rings. The number of ether oxygens (including phenoxy) is 3. The van der Waals surface area contributed by atoms with Crippen molar-refractivity contribution in [2.24, 2.45) is 5.92 Å². The molecule has 2 aromatic carbocycles. The topological polar surface area (TPSA) is 77.0 Å². The molecule has 1 saturated heterocycles. The van der Waals surface area contributed by atoms with Crippen LogP contribution in [0, 0.1) is 5.92 Å². The largest absolute Gasteiger partial charge is 0.507 e. The summed E-state index contributed by atoms with van der Waals surface area (Å²) >= 11 is 0. The van der Waals surface area contributed by atoms with Gasteiger partial charge in [0.15, 0.2) is 5.72 Å². The van der Waals surface area contributed by atoms with E-state index in [0.29, 0.717) is 17.1 Å². The van der Waals surface area contributed by atoms with E-state index in [-0.39, 0.29) is 23.5 Å². The highest BCUT2D eigenvalue weighted by Crippen LogP contribution is 2.55. The van der Waals surface area contributed by atoms with Crippen molar-refractivity contribution in [2.75, 3.05) is 14.2 Å². The molecule has 3 aliphatic rings. The van der Waals surface area contributed by atoms with Gasteiger partial charge in [0.2, 0.25) is 0 Å². The molecule has 2 heterocycles. The van der Waals surface area contributed by atoms with Crippen LogP contribution in [0.25, 0.3) is 6.08 Å². The summed E-state index contributed by atoms with van der Waals surface area (Å²) in [6.45, 7) is 0. The minimum Gasteiger partial charge on any atom is -0.507 e. The molecular weight excluding hydrogens is 406 g/mol. The van der Waals surface area contributed by atoms with Gasteiger partial charge in [0.05, 0.1) is 19.8 Å². The van der Waals surface area contributed by atoms with Gasteiger partial charge in [-0.05, 0) is 49.3 Å². The van der Waals surface area contributed by atoms with Crippen molar-refractivity contribution in [3.63, 3.8) is 0 Å². The lowest BCUT2D eigenvalue weighted by Gasteiger charge is -2.54. The average Bonchev–Trinajstić information content (AvgIpc) is 2.81. The summed E-state index contributed by atoms with van der Waals surface area (Å²) in [7, 11) is 3.19. The second-order valence-corrected chi connectivity index (χ2v) is 8.55. The molecule has 1 amide bonds. The summed E-state index contributed by atoms with van der Waals surface area (Å²) < 4.78 is 17.1. The normalized spacial score (nSPS) is 27.6. The number of aliphatic hydroxyl groups is 1. The quantitative estimate of drug-likeness (QED) is 0.539. The SMILES string of the molecule is COc1ccc(OC)c(/C=C/C(O)=C2/C(=O)N[C@@]34CCCC[C@@H]3[C@H]2c2ccccc2O4)c1. The third kappa shape index (κ3) is 3.22. The molecule has 1 saturated carbocycles.